The van der Waals surface area contributed by atoms with Gasteiger partial charge < -0.3 is 10.2 Å². The Balaban J connectivity index is 1.89. The van der Waals surface area contributed by atoms with Gasteiger partial charge in [-0.15, -0.1) is 0 Å². The summed E-state index contributed by atoms with van der Waals surface area (Å²) in [4.78, 5) is 7.00. The molecule has 2 rings (SSSR count). The third-order valence-corrected chi connectivity index (χ3v) is 3.54. The van der Waals surface area contributed by atoms with E-state index in [1.54, 1.807) is 0 Å². The predicted octanol–water partition coefficient (Wildman–Crippen LogP) is 2.82. The third-order valence-electron chi connectivity index (χ3n) is 3.54. The fourth-order valence-electron chi connectivity index (χ4n) is 2.47. The third kappa shape index (κ3) is 3.45. The number of anilines is 1. The van der Waals surface area contributed by atoms with Crippen molar-refractivity contribution >= 4 is 5.82 Å². The molecule has 1 aromatic heterocycles. The Morgan fingerprint density at radius 2 is 2.28 bits per heavy atom. The molecular weight excluding hydrogens is 222 g/mol. The quantitative estimate of drug-likeness (QED) is 0.867. The number of nitrogens with zero attached hydrogens (tertiary/aromatic N) is 2. The minimum Gasteiger partial charge on any atom is -0.354 e. The fraction of sp³-hybridized carbons (Fsp3) is 0.667. The maximum atomic E-state index is 4.59. The second-order valence-corrected chi connectivity index (χ2v) is 5.73. The van der Waals surface area contributed by atoms with Crippen LogP contribution in [0.2, 0.25) is 0 Å². The van der Waals surface area contributed by atoms with Gasteiger partial charge in [0.25, 0.3) is 0 Å². The Morgan fingerprint density at radius 3 is 2.83 bits per heavy atom. The lowest BCUT2D eigenvalue weighted by molar-refractivity contribution is 0.552. The summed E-state index contributed by atoms with van der Waals surface area (Å²) in [6.45, 7) is 9.87. The SMILES string of the molecule is CC(C)CNCc1ccc(N2CCCC2C)nc1. The van der Waals surface area contributed by atoms with Crippen molar-refractivity contribution in [2.24, 2.45) is 5.92 Å². The molecule has 1 fully saturated rings. The number of aromatic nitrogens is 1. The van der Waals surface area contributed by atoms with Crippen molar-refractivity contribution in [3.8, 4) is 0 Å². The number of nitrogens with one attached hydrogen (secondary N) is 1. The molecular formula is C15H25N3. The first kappa shape index (κ1) is 13.3. The highest BCUT2D eigenvalue weighted by Gasteiger charge is 2.20. The van der Waals surface area contributed by atoms with Crippen LogP contribution >= 0.6 is 0 Å². The van der Waals surface area contributed by atoms with E-state index in [4.69, 9.17) is 0 Å². The van der Waals surface area contributed by atoms with Crippen LogP contribution < -0.4 is 10.2 Å². The molecule has 1 unspecified atom stereocenters. The molecule has 0 saturated carbocycles. The molecule has 1 aromatic rings. The van der Waals surface area contributed by atoms with Crippen LogP contribution in [0.1, 0.15) is 39.2 Å². The summed E-state index contributed by atoms with van der Waals surface area (Å²) in [7, 11) is 0. The minimum atomic E-state index is 0.641. The highest BCUT2D eigenvalue weighted by Crippen LogP contribution is 2.23. The largest absolute Gasteiger partial charge is 0.354 e. The summed E-state index contributed by atoms with van der Waals surface area (Å²) < 4.78 is 0. The molecule has 1 N–H and O–H groups in total. The maximum Gasteiger partial charge on any atom is 0.128 e. The first-order chi connectivity index (χ1) is 8.66. The number of pyridine rings is 1. The zero-order valence-corrected chi connectivity index (χ0v) is 11.8. The van der Waals surface area contributed by atoms with E-state index in [2.05, 4.69) is 48.1 Å². The highest BCUT2D eigenvalue weighted by atomic mass is 15.2. The van der Waals surface area contributed by atoms with Gasteiger partial charge >= 0.3 is 0 Å². The lowest BCUT2D eigenvalue weighted by Crippen LogP contribution is -2.27. The molecule has 18 heavy (non-hydrogen) atoms. The van der Waals surface area contributed by atoms with Crippen LogP contribution in [0.5, 0.6) is 0 Å². The second kappa shape index (κ2) is 6.19. The van der Waals surface area contributed by atoms with E-state index in [0.29, 0.717) is 12.0 Å². The van der Waals surface area contributed by atoms with Gasteiger partial charge in [-0.25, -0.2) is 4.98 Å². The van der Waals surface area contributed by atoms with Crippen LogP contribution in [-0.2, 0) is 6.54 Å². The van der Waals surface area contributed by atoms with E-state index in [1.807, 2.05) is 6.20 Å². The molecule has 1 aliphatic rings. The van der Waals surface area contributed by atoms with Crippen molar-refractivity contribution in [1.29, 1.82) is 0 Å². The van der Waals surface area contributed by atoms with E-state index in [0.717, 1.165) is 25.5 Å². The predicted molar refractivity (Wildman–Crippen MR) is 76.8 cm³/mol. The molecule has 3 nitrogen and oxygen atoms in total. The standard InChI is InChI=1S/C15H25N3/c1-12(2)9-16-10-14-6-7-15(17-11-14)18-8-4-5-13(18)3/h6-7,11-13,16H,4-5,8-10H2,1-3H3. The molecule has 1 saturated heterocycles. The van der Waals surface area contributed by atoms with Gasteiger partial charge in [0.15, 0.2) is 0 Å². The highest BCUT2D eigenvalue weighted by molar-refractivity contribution is 5.41. The molecule has 100 valence electrons. The van der Waals surface area contributed by atoms with Gasteiger partial charge in [0.05, 0.1) is 0 Å². The minimum absolute atomic E-state index is 0.641. The summed E-state index contributed by atoms with van der Waals surface area (Å²) in [5, 5.41) is 3.45. The van der Waals surface area contributed by atoms with Crippen LogP contribution in [0.4, 0.5) is 5.82 Å². The monoisotopic (exact) mass is 247 g/mol. The Morgan fingerprint density at radius 1 is 1.44 bits per heavy atom. The first-order valence-electron chi connectivity index (χ1n) is 7.09. The Hall–Kier alpha value is -1.09. The van der Waals surface area contributed by atoms with Crippen molar-refractivity contribution in [3.05, 3.63) is 23.9 Å². The Kier molecular flexibility index (Phi) is 4.59. The van der Waals surface area contributed by atoms with E-state index in [1.165, 1.54) is 18.4 Å². The molecule has 0 spiro atoms. The average Bonchev–Trinajstić information content (AvgIpc) is 2.76. The zero-order valence-electron chi connectivity index (χ0n) is 11.8. The molecule has 0 amide bonds. The van der Waals surface area contributed by atoms with E-state index >= 15 is 0 Å². The van der Waals surface area contributed by atoms with Crippen LogP contribution in [0, 0.1) is 5.92 Å². The van der Waals surface area contributed by atoms with E-state index in [-0.39, 0.29) is 0 Å². The number of hydrogen-bond acceptors (Lipinski definition) is 3. The van der Waals surface area contributed by atoms with E-state index < -0.39 is 0 Å². The van der Waals surface area contributed by atoms with Crippen LogP contribution in [-0.4, -0.2) is 24.1 Å². The summed E-state index contributed by atoms with van der Waals surface area (Å²) in [5.41, 5.74) is 1.27. The van der Waals surface area contributed by atoms with Crippen LogP contribution in [0.3, 0.4) is 0 Å². The zero-order chi connectivity index (χ0) is 13.0. The molecule has 0 aliphatic carbocycles. The smallest absolute Gasteiger partial charge is 0.128 e. The average molecular weight is 247 g/mol. The molecule has 0 radical (unpaired) electrons. The summed E-state index contributed by atoms with van der Waals surface area (Å²) in [6.07, 6.45) is 4.59. The van der Waals surface area contributed by atoms with Crippen molar-refractivity contribution < 1.29 is 0 Å². The molecule has 0 aromatic carbocycles. The number of hydrogen-bond donors (Lipinski definition) is 1. The maximum absolute atomic E-state index is 4.59. The lowest BCUT2D eigenvalue weighted by Gasteiger charge is -2.22. The molecule has 0 bridgehead atoms. The van der Waals surface area contributed by atoms with Crippen LogP contribution in [0.15, 0.2) is 18.3 Å². The lowest BCUT2D eigenvalue weighted by atomic mass is 10.2. The van der Waals surface area contributed by atoms with Crippen molar-refractivity contribution in [2.75, 3.05) is 18.0 Å². The van der Waals surface area contributed by atoms with Crippen molar-refractivity contribution in [2.45, 2.75) is 46.2 Å². The molecule has 1 atom stereocenters. The second-order valence-electron chi connectivity index (χ2n) is 5.73. The first-order valence-corrected chi connectivity index (χ1v) is 7.09. The van der Waals surface area contributed by atoms with E-state index in [9.17, 15) is 0 Å². The molecule has 2 heterocycles. The van der Waals surface area contributed by atoms with Gasteiger partial charge in [-0.05, 0) is 43.9 Å². The Labute approximate surface area is 111 Å². The van der Waals surface area contributed by atoms with Gasteiger partial charge in [-0.2, -0.15) is 0 Å². The van der Waals surface area contributed by atoms with Crippen molar-refractivity contribution in [3.63, 3.8) is 0 Å². The summed E-state index contributed by atoms with van der Waals surface area (Å²) in [5.74, 6) is 1.83. The van der Waals surface area contributed by atoms with Gasteiger partial charge in [-0.1, -0.05) is 19.9 Å². The molecule has 3 heteroatoms. The normalized spacial score (nSPS) is 19.8. The summed E-state index contributed by atoms with van der Waals surface area (Å²) >= 11 is 0. The van der Waals surface area contributed by atoms with Gasteiger partial charge in [0.1, 0.15) is 5.82 Å². The van der Waals surface area contributed by atoms with Gasteiger partial charge in [0, 0.05) is 25.3 Å². The van der Waals surface area contributed by atoms with Gasteiger partial charge in [0.2, 0.25) is 0 Å². The molecule has 1 aliphatic heterocycles. The summed E-state index contributed by atoms with van der Waals surface area (Å²) in [6, 6.07) is 5.00. The Bertz CT molecular complexity index is 359. The topological polar surface area (TPSA) is 28.2 Å². The fourth-order valence-corrected chi connectivity index (χ4v) is 2.47. The number of rotatable bonds is 5. The van der Waals surface area contributed by atoms with Gasteiger partial charge in [-0.3, -0.25) is 0 Å². The van der Waals surface area contributed by atoms with Crippen molar-refractivity contribution in [1.82, 2.24) is 10.3 Å². The van der Waals surface area contributed by atoms with Crippen LogP contribution in [0.25, 0.3) is 0 Å².